The Bertz CT molecular complexity index is 592. The summed E-state index contributed by atoms with van der Waals surface area (Å²) in [6, 6.07) is 0. The van der Waals surface area contributed by atoms with Crippen molar-refractivity contribution in [2.24, 2.45) is 10.8 Å². The molecule has 0 saturated heterocycles. The maximum Gasteiger partial charge on any atom is 0.317 e. The Labute approximate surface area is 139 Å². The van der Waals surface area contributed by atoms with E-state index in [9.17, 15) is 9.90 Å². The molecule has 3 unspecified atom stereocenters. The van der Waals surface area contributed by atoms with Crippen LogP contribution < -0.4 is 0 Å². The summed E-state index contributed by atoms with van der Waals surface area (Å²) in [7, 11) is 0. The highest BCUT2D eigenvalue weighted by Crippen LogP contribution is 2.66. The molecular weight excluding hydrogens is 288 g/mol. The lowest BCUT2D eigenvalue weighted by Gasteiger charge is -2.46. The first kappa shape index (κ1) is 16.8. The normalized spacial score (nSPS) is 40.9. The lowest BCUT2D eigenvalue weighted by molar-refractivity contribution is -0.174. The van der Waals surface area contributed by atoms with Crippen LogP contribution in [-0.4, -0.2) is 22.3 Å². The number of aliphatic hydroxyl groups is 1. The molecule has 0 heterocycles. The predicted molar refractivity (Wildman–Crippen MR) is 90.9 cm³/mol. The van der Waals surface area contributed by atoms with Gasteiger partial charge in [0.15, 0.2) is 0 Å². The van der Waals surface area contributed by atoms with Crippen LogP contribution in [-0.2, 0) is 9.53 Å². The smallest absolute Gasteiger partial charge is 0.317 e. The van der Waals surface area contributed by atoms with E-state index < -0.39 is 16.6 Å². The van der Waals surface area contributed by atoms with Gasteiger partial charge in [-0.2, -0.15) is 0 Å². The minimum absolute atomic E-state index is 0.0392. The van der Waals surface area contributed by atoms with Gasteiger partial charge in [0, 0.05) is 12.8 Å². The molecular formula is C20H30O3. The number of carbonyl (C=O) groups excluding carboxylic acids is 1. The molecule has 3 aliphatic carbocycles. The van der Waals surface area contributed by atoms with Gasteiger partial charge in [-0.05, 0) is 51.9 Å². The average molecular weight is 318 g/mol. The molecule has 3 aliphatic rings. The van der Waals surface area contributed by atoms with Gasteiger partial charge in [0.25, 0.3) is 0 Å². The van der Waals surface area contributed by atoms with Crippen LogP contribution >= 0.6 is 0 Å². The zero-order valence-corrected chi connectivity index (χ0v) is 15.2. The number of rotatable bonds is 3. The molecule has 0 radical (unpaired) electrons. The summed E-state index contributed by atoms with van der Waals surface area (Å²) in [6.45, 7) is 10.2. The summed E-state index contributed by atoms with van der Waals surface area (Å²) in [5.41, 5.74) is 0.506. The molecule has 0 spiro atoms. The fourth-order valence-electron chi connectivity index (χ4n) is 4.86. The van der Waals surface area contributed by atoms with Gasteiger partial charge in [0.05, 0.1) is 11.0 Å². The van der Waals surface area contributed by atoms with E-state index in [0.717, 1.165) is 37.7 Å². The van der Waals surface area contributed by atoms with E-state index >= 15 is 0 Å². The quantitative estimate of drug-likeness (QED) is 0.623. The van der Waals surface area contributed by atoms with E-state index in [2.05, 4.69) is 19.9 Å². The summed E-state index contributed by atoms with van der Waals surface area (Å²) in [4.78, 5) is 13.1. The van der Waals surface area contributed by atoms with Crippen molar-refractivity contribution in [2.45, 2.75) is 84.3 Å². The Morgan fingerprint density at radius 1 is 1.26 bits per heavy atom. The number of carbonyl (C=O) groups is 1. The summed E-state index contributed by atoms with van der Waals surface area (Å²) in [5.74, 6) is -0.0948. The Hall–Kier alpha value is -1.09. The SMILES string of the molecule is CC(C)=CC1(C(=O)OC23CCCC(=CC(C)(O)C2)C3)CC1(C)C. The van der Waals surface area contributed by atoms with Crippen molar-refractivity contribution in [3.63, 3.8) is 0 Å². The average Bonchev–Trinajstić information content (AvgIpc) is 2.88. The Balaban J connectivity index is 1.85. The molecule has 2 bridgehead atoms. The molecule has 3 atom stereocenters. The minimum Gasteiger partial charge on any atom is -0.458 e. The number of esters is 1. The highest BCUT2D eigenvalue weighted by atomic mass is 16.6. The number of allylic oxidation sites excluding steroid dienone is 1. The van der Waals surface area contributed by atoms with E-state index in [-0.39, 0.29) is 11.4 Å². The van der Waals surface area contributed by atoms with Crippen molar-refractivity contribution in [3.8, 4) is 0 Å². The summed E-state index contributed by atoms with van der Waals surface area (Å²) >= 11 is 0. The van der Waals surface area contributed by atoms with Gasteiger partial charge >= 0.3 is 5.97 Å². The molecule has 0 aliphatic heterocycles. The molecule has 2 saturated carbocycles. The lowest BCUT2D eigenvalue weighted by Crippen LogP contribution is -2.48. The Morgan fingerprint density at radius 3 is 2.48 bits per heavy atom. The van der Waals surface area contributed by atoms with Gasteiger partial charge in [-0.1, -0.05) is 37.1 Å². The van der Waals surface area contributed by atoms with E-state index in [0.29, 0.717) is 6.42 Å². The van der Waals surface area contributed by atoms with Crippen LogP contribution in [0.3, 0.4) is 0 Å². The van der Waals surface area contributed by atoms with E-state index in [1.807, 2.05) is 26.8 Å². The van der Waals surface area contributed by atoms with Gasteiger partial charge in [0.1, 0.15) is 5.60 Å². The van der Waals surface area contributed by atoms with Crippen LogP contribution in [0.4, 0.5) is 0 Å². The van der Waals surface area contributed by atoms with Gasteiger partial charge in [-0.3, -0.25) is 4.79 Å². The monoisotopic (exact) mass is 318 g/mol. The Kier molecular flexibility index (Phi) is 3.61. The third kappa shape index (κ3) is 2.88. The first-order valence-corrected chi connectivity index (χ1v) is 8.82. The molecule has 128 valence electrons. The predicted octanol–water partition coefficient (Wildman–Crippen LogP) is 4.31. The van der Waals surface area contributed by atoms with Gasteiger partial charge in [0.2, 0.25) is 0 Å². The second kappa shape index (κ2) is 4.95. The van der Waals surface area contributed by atoms with Gasteiger partial charge in [-0.25, -0.2) is 0 Å². The Morgan fingerprint density at radius 2 is 1.91 bits per heavy atom. The third-order valence-corrected chi connectivity index (χ3v) is 5.89. The van der Waals surface area contributed by atoms with Crippen molar-refractivity contribution < 1.29 is 14.6 Å². The topological polar surface area (TPSA) is 46.5 Å². The fraction of sp³-hybridized carbons (Fsp3) is 0.750. The minimum atomic E-state index is -0.864. The maximum atomic E-state index is 13.1. The van der Waals surface area contributed by atoms with Crippen LogP contribution in [0, 0.1) is 10.8 Å². The molecule has 2 fully saturated rings. The van der Waals surface area contributed by atoms with Crippen molar-refractivity contribution >= 4 is 5.97 Å². The molecule has 1 N–H and O–H groups in total. The molecule has 3 rings (SSSR count). The third-order valence-electron chi connectivity index (χ3n) is 5.89. The van der Waals surface area contributed by atoms with E-state index in [1.165, 1.54) is 5.57 Å². The van der Waals surface area contributed by atoms with Gasteiger partial charge in [-0.15, -0.1) is 0 Å². The van der Waals surface area contributed by atoms with Crippen LogP contribution in [0.25, 0.3) is 0 Å². The van der Waals surface area contributed by atoms with Crippen molar-refractivity contribution in [3.05, 3.63) is 23.3 Å². The van der Waals surface area contributed by atoms with Crippen molar-refractivity contribution in [1.82, 2.24) is 0 Å². The molecule has 0 aromatic carbocycles. The van der Waals surface area contributed by atoms with Crippen LogP contribution in [0.2, 0.25) is 0 Å². The van der Waals surface area contributed by atoms with Crippen molar-refractivity contribution in [2.75, 3.05) is 0 Å². The lowest BCUT2D eigenvalue weighted by atomic mass is 9.69. The zero-order chi connectivity index (χ0) is 17.1. The largest absolute Gasteiger partial charge is 0.458 e. The van der Waals surface area contributed by atoms with Crippen LogP contribution in [0.15, 0.2) is 23.3 Å². The number of hydrogen-bond acceptors (Lipinski definition) is 3. The molecule has 0 amide bonds. The van der Waals surface area contributed by atoms with E-state index in [4.69, 9.17) is 4.74 Å². The first-order chi connectivity index (χ1) is 10.5. The number of hydrogen-bond donors (Lipinski definition) is 1. The molecule has 3 heteroatoms. The van der Waals surface area contributed by atoms with Gasteiger partial charge < -0.3 is 9.84 Å². The van der Waals surface area contributed by atoms with Crippen LogP contribution in [0.5, 0.6) is 0 Å². The second-order valence-corrected chi connectivity index (χ2v) is 9.19. The zero-order valence-electron chi connectivity index (χ0n) is 15.2. The second-order valence-electron chi connectivity index (χ2n) is 9.19. The highest BCUT2D eigenvalue weighted by Gasteiger charge is 2.67. The fourth-order valence-corrected chi connectivity index (χ4v) is 4.86. The molecule has 0 aromatic heterocycles. The van der Waals surface area contributed by atoms with Crippen molar-refractivity contribution in [1.29, 1.82) is 0 Å². The molecule has 3 nitrogen and oxygen atoms in total. The van der Waals surface area contributed by atoms with E-state index in [1.54, 1.807) is 0 Å². The molecule has 0 aromatic rings. The number of ether oxygens (including phenoxy) is 1. The first-order valence-electron chi connectivity index (χ1n) is 8.82. The summed E-state index contributed by atoms with van der Waals surface area (Å²) < 4.78 is 6.16. The maximum absolute atomic E-state index is 13.1. The number of fused-ring (bicyclic) bond motifs is 2. The standard InChI is InChI=1S/C20H30O3/c1-14(2)9-20(12-17(20,3)4)16(21)23-19-8-6-7-15(11-19)10-18(5,22)13-19/h9-10,22H,6-8,11-13H2,1-5H3. The van der Waals surface area contributed by atoms with Crippen LogP contribution in [0.1, 0.15) is 73.1 Å². The molecule has 23 heavy (non-hydrogen) atoms. The highest BCUT2D eigenvalue weighted by molar-refractivity contribution is 5.85. The summed E-state index contributed by atoms with van der Waals surface area (Å²) in [6.07, 6.45) is 9.13. The summed E-state index contributed by atoms with van der Waals surface area (Å²) in [5, 5.41) is 10.5.